The first kappa shape index (κ1) is 21.0. The van der Waals surface area contributed by atoms with Crippen molar-refractivity contribution in [1.82, 2.24) is 4.90 Å². The van der Waals surface area contributed by atoms with E-state index in [1.165, 1.54) is 109 Å². The SMILES string of the molecule is CCCCCCCCCCCCCCCCCC[N+](C)C. The van der Waals surface area contributed by atoms with Crippen LogP contribution in [0, 0.1) is 0 Å². The molecule has 0 amide bonds. The molecule has 0 aromatic heterocycles. The van der Waals surface area contributed by atoms with Gasteiger partial charge in [0.15, 0.2) is 0 Å². The largest absolute Gasteiger partial charge is 0.175 e. The molecule has 0 N–H and O–H groups in total. The van der Waals surface area contributed by atoms with E-state index >= 15 is 0 Å². The summed E-state index contributed by atoms with van der Waals surface area (Å²) < 4.78 is 0. The van der Waals surface area contributed by atoms with E-state index in [4.69, 9.17) is 0 Å². The summed E-state index contributed by atoms with van der Waals surface area (Å²) in [5.74, 6) is 0. The third-order valence-electron chi connectivity index (χ3n) is 4.46. The molecule has 0 aliphatic carbocycles. The second-order valence-electron chi connectivity index (χ2n) is 7.11. The van der Waals surface area contributed by atoms with Gasteiger partial charge in [0.05, 0.1) is 0 Å². The number of nitrogens with zero attached hydrogens (tertiary/aromatic N) is 1. The molecule has 0 rings (SSSR count). The van der Waals surface area contributed by atoms with Crippen molar-refractivity contribution in [3.05, 3.63) is 0 Å². The predicted molar refractivity (Wildman–Crippen MR) is 98.4 cm³/mol. The van der Waals surface area contributed by atoms with Crippen LogP contribution in [0.1, 0.15) is 110 Å². The Morgan fingerprint density at radius 3 is 1.00 bits per heavy atom. The quantitative estimate of drug-likeness (QED) is 0.209. The highest BCUT2D eigenvalue weighted by atomic mass is 15.0. The third-order valence-corrected chi connectivity index (χ3v) is 4.46. The lowest BCUT2D eigenvalue weighted by atomic mass is 10.0. The number of unbranched alkanes of at least 4 members (excludes halogenated alkanes) is 15. The van der Waals surface area contributed by atoms with Crippen molar-refractivity contribution in [2.75, 3.05) is 20.6 Å². The second-order valence-corrected chi connectivity index (χ2v) is 7.11. The first-order chi connectivity index (χ1) is 10.3. The molecule has 0 fully saturated rings. The lowest BCUT2D eigenvalue weighted by Crippen LogP contribution is -2.19. The fraction of sp³-hybridized carbons (Fsp3) is 1.00. The highest BCUT2D eigenvalue weighted by Crippen LogP contribution is 2.13. The minimum absolute atomic E-state index is 1.26. The fourth-order valence-electron chi connectivity index (χ4n) is 2.98. The Labute approximate surface area is 135 Å². The maximum Gasteiger partial charge on any atom is 0.122 e. The van der Waals surface area contributed by atoms with Gasteiger partial charge in [0.2, 0.25) is 0 Å². The summed E-state index contributed by atoms with van der Waals surface area (Å²) in [4.78, 5) is 2.30. The first-order valence-electron chi connectivity index (χ1n) is 9.92. The Morgan fingerprint density at radius 2 is 0.714 bits per heavy atom. The van der Waals surface area contributed by atoms with Gasteiger partial charge in [-0.15, -0.1) is 0 Å². The average molecular weight is 298 g/mol. The summed E-state index contributed by atoms with van der Waals surface area (Å²) in [6.07, 6.45) is 23.3. The number of hydrogen-bond acceptors (Lipinski definition) is 1. The predicted octanol–water partition coefficient (Wildman–Crippen LogP) is 6.65. The van der Waals surface area contributed by atoms with E-state index in [0.29, 0.717) is 0 Å². The molecule has 0 aromatic rings. The van der Waals surface area contributed by atoms with E-state index < -0.39 is 0 Å². The summed E-state index contributed by atoms with van der Waals surface area (Å²) in [6.45, 7) is 3.56. The molecule has 0 heterocycles. The summed E-state index contributed by atoms with van der Waals surface area (Å²) in [7, 11) is 4.34. The molecule has 0 atom stereocenters. The molecule has 21 heavy (non-hydrogen) atoms. The molecule has 127 valence electrons. The van der Waals surface area contributed by atoms with Gasteiger partial charge in [-0.1, -0.05) is 96.8 Å². The molecule has 1 radical (unpaired) electrons. The Kier molecular flexibility index (Phi) is 18.0. The zero-order valence-electron chi connectivity index (χ0n) is 15.5. The smallest absolute Gasteiger partial charge is 0.122 e. The monoisotopic (exact) mass is 297 g/mol. The first-order valence-corrected chi connectivity index (χ1v) is 9.92. The molecule has 0 saturated heterocycles. The van der Waals surface area contributed by atoms with Crippen LogP contribution < -0.4 is 4.90 Å². The molecule has 0 unspecified atom stereocenters. The topological polar surface area (TPSA) is 5.90 Å². The third kappa shape index (κ3) is 20.0. The number of rotatable bonds is 17. The highest BCUT2D eigenvalue weighted by molar-refractivity contribution is 4.52. The lowest BCUT2D eigenvalue weighted by molar-refractivity contribution is 0.499. The standard InChI is InChI=1S/C20H43N/c1-4-5-6-7-8-9-10-11-12-13-14-15-16-17-18-19-20-21(2)3/h4-20H2,1-3H3/q+1. The van der Waals surface area contributed by atoms with Crippen LogP contribution in [0.25, 0.3) is 0 Å². The maximum atomic E-state index is 2.30. The van der Waals surface area contributed by atoms with Crippen molar-refractivity contribution >= 4 is 0 Å². The van der Waals surface area contributed by atoms with Crippen molar-refractivity contribution in [3.8, 4) is 0 Å². The average Bonchev–Trinajstić information content (AvgIpc) is 2.46. The normalized spacial score (nSPS) is 11.4. The van der Waals surface area contributed by atoms with Gasteiger partial charge in [0.25, 0.3) is 0 Å². The van der Waals surface area contributed by atoms with E-state index in [9.17, 15) is 0 Å². The van der Waals surface area contributed by atoms with Crippen LogP contribution in [-0.4, -0.2) is 20.6 Å². The van der Waals surface area contributed by atoms with E-state index in [1.54, 1.807) is 0 Å². The van der Waals surface area contributed by atoms with E-state index in [2.05, 4.69) is 25.9 Å². The van der Waals surface area contributed by atoms with Crippen molar-refractivity contribution in [2.24, 2.45) is 0 Å². The van der Waals surface area contributed by atoms with Crippen LogP contribution in [0.2, 0.25) is 0 Å². The van der Waals surface area contributed by atoms with Gasteiger partial charge in [-0.25, -0.2) is 0 Å². The molecule has 0 spiro atoms. The molecule has 1 nitrogen and oxygen atoms in total. The van der Waals surface area contributed by atoms with Gasteiger partial charge in [0.1, 0.15) is 20.6 Å². The summed E-state index contributed by atoms with van der Waals surface area (Å²) in [6, 6.07) is 0. The molecule has 1 heteroatoms. The lowest BCUT2D eigenvalue weighted by Gasteiger charge is -2.03. The zero-order valence-corrected chi connectivity index (χ0v) is 15.5. The van der Waals surface area contributed by atoms with Crippen LogP contribution in [0.4, 0.5) is 0 Å². The summed E-state index contributed by atoms with van der Waals surface area (Å²) in [5.41, 5.74) is 0. The van der Waals surface area contributed by atoms with Crippen molar-refractivity contribution in [2.45, 2.75) is 110 Å². The van der Waals surface area contributed by atoms with Gasteiger partial charge < -0.3 is 0 Å². The van der Waals surface area contributed by atoms with Crippen LogP contribution in [0.15, 0.2) is 0 Å². The Hall–Kier alpha value is -0.0400. The molecule has 0 aliphatic rings. The molecular formula is C20H43N+. The van der Waals surface area contributed by atoms with E-state index in [1.807, 2.05) is 0 Å². The Bertz CT molecular complexity index is 177. The van der Waals surface area contributed by atoms with Gasteiger partial charge >= 0.3 is 0 Å². The van der Waals surface area contributed by atoms with Gasteiger partial charge in [-0.3, -0.25) is 0 Å². The fourth-order valence-corrected chi connectivity index (χ4v) is 2.98. The van der Waals surface area contributed by atoms with Crippen molar-refractivity contribution in [3.63, 3.8) is 0 Å². The van der Waals surface area contributed by atoms with E-state index in [0.717, 1.165) is 0 Å². The molecule has 0 aliphatic heterocycles. The second kappa shape index (κ2) is 18.0. The molecular weight excluding hydrogens is 254 g/mol. The molecule has 0 saturated carbocycles. The van der Waals surface area contributed by atoms with Crippen LogP contribution >= 0.6 is 0 Å². The van der Waals surface area contributed by atoms with Crippen molar-refractivity contribution in [1.29, 1.82) is 0 Å². The van der Waals surface area contributed by atoms with Crippen molar-refractivity contribution < 1.29 is 0 Å². The number of hydrogen-bond donors (Lipinski definition) is 0. The van der Waals surface area contributed by atoms with Gasteiger partial charge in [0, 0.05) is 6.42 Å². The minimum atomic E-state index is 1.26. The van der Waals surface area contributed by atoms with Crippen LogP contribution in [0.5, 0.6) is 0 Å². The summed E-state index contributed by atoms with van der Waals surface area (Å²) in [5, 5.41) is 0. The maximum absolute atomic E-state index is 2.30. The molecule has 0 bridgehead atoms. The van der Waals surface area contributed by atoms with Crippen LogP contribution in [-0.2, 0) is 0 Å². The van der Waals surface area contributed by atoms with E-state index in [-0.39, 0.29) is 0 Å². The highest BCUT2D eigenvalue weighted by Gasteiger charge is 1.98. The zero-order chi connectivity index (χ0) is 15.6. The Morgan fingerprint density at radius 1 is 0.429 bits per heavy atom. The minimum Gasteiger partial charge on any atom is -0.175 e. The molecule has 0 aromatic carbocycles. The van der Waals surface area contributed by atoms with Crippen LogP contribution in [0.3, 0.4) is 0 Å². The Balaban J connectivity index is 2.93. The summed E-state index contributed by atoms with van der Waals surface area (Å²) >= 11 is 0. The van der Waals surface area contributed by atoms with Gasteiger partial charge in [-0.05, 0) is 6.42 Å². The van der Waals surface area contributed by atoms with Gasteiger partial charge in [-0.2, -0.15) is 4.90 Å².